The highest BCUT2D eigenvalue weighted by atomic mass is 79.9. The van der Waals surface area contributed by atoms with E-state index in [9.17, 15) is 14.7 Å². The number of fused-ring (bicyclic) bond motifs is 4. The second-order valence-corrected chi connectivity index (χ2v) is 11.9. The van der Waals surface area contributed by atoms with Crippen molar-refractivity contribution in [2.75, 3.05) is 17.2 Å². The lowest BCUT2D eigenvalue weighted by Crippen LogP contribution is -2.05. The Bertz CT molecular complexity index is 2320. The maximum atomic E-state index is 12.1. The van der Waals surface area contributed by atoms with Crippen LogP contribution in [0.2, 0.25) is 0 Å². The van der Waals surface area contributed by atoms with E-state index >= 15 is 0 Å². The SMILES string of the molecule is CCOC(=O)c1[nH]c2ncnc(Nc3cc4c(cn3)CN=C4)c2c1Br.O=C(O)c1[nH]c2ncnc(Nc3cc4c(cn3)CN=C4)c2c1Br. The number of hydrogen-bond donors (Lipinski definition) is 5. The van der Waals surface area contributed by atoms with E-state index in [2.05, 4.69) is 92.4 Å². The molecule has 0 radical (unpaired) electrons. The number of carbonyl (C=O) groups excluding carboxylic acids is 1. The number of pyridine rings is 2. The van der Waals surface area contributed by atoms with Gasteiger partial charge in [-0.25, -0.2) is 39.5 Å². The highest BCUT2D eigenvalue weighted by Crippen LogP contribution is 2.34. The third-order valence-electron chi connectivity index (χ3n) is 7.27. The minimum Gasteiger partial charge on any atom is -0.477 e. The molecule has 48 heavy (non-hydrogen) atoms. The summed E-state index contributed by atoms with van der Waals surface area (Å²) in [6, 6.07) is 3.78. The number of anilines is 4. The van der Waals surface area contributed by atoms with Crippen molar-refractivity contribution >= 4 is 102 Å². The first-order valence-electron chi connectivity index (χ1n) is 14.3. The van der Waals surface area contributed by atoms with E-state index in [-0.39, 0.29) is 12.3 Å². The zero-order valence-electron chi connectivity index (χ0n) is 24.7. The molecule has 0 unspecified atom stereocenters. The molecule has 2 aliphatic rings. The summed E-state index contributed by atoms with van der Waals surface area (Å²) in [5.41, 5.74) is 5.47. The van der Waals surface area contributed by atoms with Crippen molar-refractivity contribution < 1.29 is 19.4 Å². The van der Waals surface area contributed by atoms with Crippen LogP contribution in [0.1, 0.15) is 50.2 Å². The van der Waals surface area contributed by atoms with Gasteiger partial charge in [0, 0.05) is 47.1 Å². The van der Waals surface area contributed by atoms with Gasteiger partial charge in [0.05, 0.1) is 39.4 Å². The van der Waals surface area contributed by atoms with Gasteiger partial charge in [0.15, 0.2) is 0 Å². The number of nitrogens with zero attached hydrogens (tertiary/aromatic N) is 8. The van der Waals surface area contributed by atoms with E-state index in [1.807, 2.05) is 18.3 Å². The van der Waals surface area contributed by atoms with Crippen LogP contribution >= 0.6 is 31.9 Å². The predicted molar refractivity (Wildman–Crippen MR) is 184 cm³/mol. The molecule has 0 spiro atoms. The highest BCUT2D eigenvalue weighted by Gasteiger charge is 2.22. The van der Waals surface area contributed by atoms with Gasteiger partial charge in [0.1, 0.15) is 58.6 Å². The lowest BCUT2D eigenvalue weighted by atomic mass is 10.2. The summed E-state index contributed by atoms with van der Waals surface area (Å²) in [6.07, 6.45) is 9.94. The van der Waals surface area contributed by atoms with Crippen LogP contribution in [0.15, 0.2) is 56.1 Å². The summed E-state index contributed by atoms with van der Waals surface area (Å²) in [4.78, 5) is 62.8. The molecule has 0 fully saturated rings. The number of halogens is 2. The van der Waals surface area contributed by atoms with E-state index in [1.54, 1.807) is 25.5 Å². The van der Waals surface area contributed by atoms with Crippen molar-refractivity contribution in [1.29, 1.82) is 0 Å². The fourth-order valence-electron chi connectivity index (χ4n) is 5.02. The summed E-state index contributed by atoms with van der Waals surface area (Å²) in [7, 11) is 0. The number of H-pyrrole nitrogens is 2. The maximum absolute atomic E-state index is 12.1. The maximum Gasteiger partial charge on any atom is 0.355 e. The van der Waals surface area contributed by atoms with Crippen LogP contribution in [-0.2, 0) is 17.8 Å². The third kappa shape index (κ3) is 5.86. The van der Waals surface area contributed by atoms with Crippen molar-refractivity contribution in [3.8, 4) is 0 Å². The first kappa shape index (κ1) is 31.0. The predicted octanol–water partition coefficient (Wildman–Crippen LogP) is 5.46. The molecule has 240 valence electrons. The fourth-order valence-corrected chi connectivity index (χ4v) is 6.30. The summed E-state index contributed by atoms with van der Waals surface area (Å²) in [5, 5.41) is 16.7. The number of hydrogen-bond acceptors (Lipinski definition) is 13. The van der Waals surface area contributed by atoms with E-state index < -0.39 is 11.9 Å². The number of ether oxygens (including phenoxy) is 1. The van der Waals surface area contributed by atoms with Crippen LogP contribution in [0, 0.1) is 0 Å². The monoisotopic (exact) mass is 772 g/mol. The average molecular weight is 774 g/mol. The van der Waals surface area contributed by atoms with E-state index in [1.165, 1.54) is 12.7 Å². The van der Waals surface area contributed by atoms with Crippen molar-refractivity contribution in [3.05, 3.63) is 79.8 Å². The summed E-state index contributed by atoms with van der Waals surface area (Å²) in [5.74, 6) is 0.705. The molecule has 8 heterocycles. The van der Waals surface area contributed by atoms with Crippen LogP contribution in [0.25, 0.3) is 22.1 Å². The summed E-state index contributed by atoms with van der Waals surface area (Å²) in [6.45, 7) is 3.35. The summed E-state index contributed by atoms with van der Waals surface area (Å²) < 4.78 is 5.99. The molecule has 0 aliphatic carbocycles. The Labute approximate surface area is 286 Å². The fraction of sp³-hybridized carbons (Fsp3) is 0.133. The number of aliphatic imine (C=N–C) groups is 2. The molecule has 0 amide bonds. The van der Waals surface area contributed by atoms with E-state index in [0.717, 1.165) is 22.3 Å². The molecule has 16 nitrogen and oxygen atoms in total. The Morgan fingerprint density at radius 1 is 0.792 bits per heavy atom. The molecule has 0 saturated heterocycles. The normalized spacial score (nSPS) is 12.5. The van der Waals surface area contributed by atoms with Gasteiger partial charge in [0.2, 0.25) is 0 Å². The molecule has 6 aromatic rings. The van der Waals surface area contributed by atoms with Crippen molar-refractivity contribution in [2.24, 2.45) is 9.98 Å². The molecular weight excluding hydrogens is 752 g/mol. The Balaban J connectivity index is 0.000000152. The zero-order chi connectivity index (χ0) is 33.4. The van der Waals surface area contributed by atoms with Crippen LogP contribution in [0.5, 0.6) is 0 Å². The number of nitrogens with one attached hydrogen (secondary N) is 4. The van der Waals surface area contributed by atoms with Gasteiger partial charge in [-0.15, -0.1) is 0 Å². The number of aromatic amines is 2. The Morgan fingerprint density at radius 2 is 1.29 bits per heavy atom. The summed E-state index contributed by atoms with van der Waals surface area (Å²) >= 11 is 6.74. The number of carboxylic acid groups (broad SMARTS) is 1. The lowest BCUT2D eigenvalue weighted by Gasteiger charge is -2.07. The van der Waals surface area contributed by atoms with Gasteiger partial charge in [-0.1, -0.05) is 0 Å². The second-order valence-electron chi connectivity index (χ2n) is 10.3. The Hall–Kier alpha value is -5.62. The van der Waals surface area contributed by atoms with Crippen LogP contribution in [0.3, 0.4) is 0 Å². The number of carboxylic acids is 1. The standard InChI is InChI=1S/C16H13BrN6O2.C14H9BrN6O2/c1-2-25-16(24)13-12(17)11-14(20-7-21-15(11)23-13)22-10-3-8-4-18-5-9(8)6-19-10;15-10-9-12(18-5-19-13(9)21-11(10)14(22)23)20-8-1-6-2-16-3-7(6)4-17-8/h3-4,6-7H,2,5H2,1H3,(H2,19,20,21,22,23);1-2,4-5H,3H2,(H,22,23)(H2,17,18,19,20,21). The number of carbonyl (C=O) groups is 2. The molecule has 18 heteroatoms. The molecular formula is C30H22Br2N12O4. The quantitative estimate of drug-likeness (QED) is 0.128. The molecule has 2 aliphatic heterocycles. The molecule has 0 saturated carbocycles. The molecule has 6 aromatic heterocycles. The van der Waals surface area contributed by atoms with Crippen LogP contribution in [-0.4, -0.2) is 76.0 Å². The topological polar surface area (TPSA) is 221 Å². The Kier molecular flexibility index (Phi) is 8.32. The van der Waals surface area contributed by atoms with Gasteiger partial charge < -0.3 is 30.4 Å². The molecule has 5 N–H and O–H groups in total. The smallest absolute Gasteiger partial charge is 0.355 e. The van der Waals surface area contributed by atoms with Crippen molar-refractivity contribution in [2.45, 2.75) is 20.0 Å². The van der Waals surface area contributed by atoms with Gasteiger partial charge in [-0.3, -0.25) is 9.98 Å². The van der Waals surface area contributed by atoms with Crippen molar-refractivity contribution in [3.63, 3.8) is 0 Å². The minimum absolute atomic E-state index is 0.0256. The second kappa shape index (κ2) is 12.9. The largest absolute Gasteiger partial charge is 0.477 e. The third-order valence-corrected chi connectivity index (χ3v) is 8.86. The number of aromatic nitrogens is 8. The molecule has 8 rings (SSSR count). The first-order chi connectivity index (χ1) is 23.3. The van der Waals surface area contributed by atoms with Crippen LogP contribution in [0.4, 0.5) is 23.3 Å². The molecule has 0 aromatic carbocycles. The van der Waals surface area contributed by atoms with Crippen LogP contribution < -0.4 is 10.6 Å². The van der Waals surface area contributed by atoms with Gasteiger partial charge in [-0.05, 0) is 50.9 Å². The van der Waals surface area contributed by atoms with E-state index in [0.29, 0.717) is 73.1 Å². The van der Waals surface area contributed by atoms with Gasteiger partial charge >= 0.3 is 11.9 Å². The minimum atomic E-state index is -1.08. The first-order valence-corrected chi connectivity index (χ1v) is 15.9. The number of esters is 1. The van der Waals surface area contributed by atoms with E-state index in [4.69, 9.17) is 4.74 Å². The Morgan fingerprint density at radius 3 is 1.79 bits per heavy atom. The average Bonchev–Trinajstić information content (AvgIpc) is 3.87. The van der Waals surface area contributed by atoms with Crippen molar-refractivity contribution in [1.82, 2.24) is 39.9 Å². The lowest BCUT2D eigenvalue weighted by molar-refractivity contribution is 0.0519. The van der Waals surface area contributed by atoms with Gasteiger partial charge in [0.25, 0.3) is 0 Å². The zero-order valence-corrected chi connectivity index (χ0v) is 27.9. The van der Waals surface area contributed by atoms with Gasteiger partial charge in [-0.2, -0.15) is 0 Å². The highest BCUT2D eigenvalue weighted by molar-refractivity contribution is 9.11. The molecule has 0 bridgehead atoms. The number of aromatic carboxylic acids is 1. The molecule has 0 atom stereocenters. The number of rotatable bonds is 7.